The molecule has 0 bridgehead atoms. The van der Waals surface area contributed by atoms with Crippen molar-refractivity contribution in [2.75, 3.05) is 12.4 Å². The lowest BCUT2D eigenvalue weighted by atomic mass is 9.82. The van der Waals surface area contributed by atoms with E-state index in [0.717, 1.165) is 16.8 Å². The Kier molecular flexibility index (Phi) is 4.11. The third-order valence-corrected chi connectivity index (χ3v) is 2.92. The molecule has 0 aliphatic heterocycles. The van der Waals surface area contributed by atoms with Crippen molar-refractivity contribution in [3.05, 3.63) is 29.3 Å². The van der Waals surface area contributed by atoms with Crippen LogP contribution in [0.25, 0.3) is 0 Å². The summed E-state index contributed by atoms with van der Waals surface area (Å²) in [6, 6.07) is 5.48. The predicted molar refractivity (Wildman–Crippen MR) is 70.5 cm³/mol. The first-order valence-electron chi connectivity index (χ1n) is 5.76. The van der Waals surface area contributed by atoms with Gasteiger partial charge < -0.3 is 10.1 Å². The fourth-order valence-electron chi connectivity index (χ4n) is 2.01. The van der Waals surface area contributed by atoms with Crippen LogP contribution in [-0.2, 0) is 19.7 Å². The van der Waals surface area contributed by atoms with Gasteiger partial charge in [-0.3, -0.25) is 9.59 Å². The van der Waals surface area contributed by atoms with E-state index in [0.29, 0.717) is 0 Å². The van der Waals surface area contributed by atoms with Crippen molar-refractivity contribution in [3.8, 4) is 0 Å². The highest BCUT2D eigenvalue weighted by molar-refractivity contribution is 5.89. The van der Waals surface area contributed by atoms with E-state index >= 15 is 0 Å². The number of methoxy groups -OCH3 is 1. The molecule has 0 unspecified atom stereocenters. The van der Waals surface area contributed by atoms with Crippen molar-refractivity contribution in [1.82, 2.24) is 0 Å². The van der Waals surface area contributed by atoms with Crippen LogP contribution in [-0.4, -0.2) is 19.0 Å². The van der Waals surface area contributed by atoms with E-state index < -0.39 is 5.41 Å². The number of amides is 1. The molecule has 98 valence electrons. The zero-order valence-electron chi connectivity index (χ0n) is 11.5. The molecular formula is C14H19NO3. The number of aryl methyl sites for hydroxylation is 1. The number of ether oxygens (including phenoxy) is 1. The van der Waals surface area contributed by atoms with Crippen molar-refractivity contribution >= 4 is 17.6 Å². The highest BCUT2D eigenvalue weighted by Gasteiger charge is 2.32. The van der Waals surface area contributed by atoms with Crippen LogP contribution in [0.4, 0.5) is 5.69 Å². The summed E-state index contributed by atoms with van der Waals surface area (Å²) >= 11 is 0. The van der Waals surface area contributed by atoms with Crippen LogP contribution in [0.3, 0.4) is 0 Å². The van der Waals surface area contributed by atoms with E-state index in [9.17, 15) is 9.59 Å². The topological polar surface area (TPSA) is 55.4 Å². The predicted octanol–water partition coefficient (Wildman–Crippen LogP) is 2.40. The average Bonchev–Trinajstić information content (AvgIpc) is 2.26. The molecule has 0 fully saturated rings. The van der Waals surface area contributed by atoms with Gasteiger partial charge in [-0.15, -0.1) is 0 Å². The highest BCUT2D eigenvalue weighted by Crippen LogP contribution is 2.29. The molecule has 0 saturated carbocycles. The third kappa shape index (κ3) is 2.88. The zero-order chi connectivity index (χ0) is 13.9. The Morgan fingerprint density at radius 2 is 1.89 bits per heavy atom. The van der Waals surface area contributed by atoms with Crippen LogP contribution in [0.15, 0.2) is 18.2 Å². The van der Waals surface area contributed by atoms with Gasteiger partial charge in [0, 0.05) is 12.6 Å². The van der Waals surface area contributed by atoms with Gasteiger partial charge in [0.05, 0.1) is 12.5 Å². The molecule has 1 rings (SSSR count). The van der Waals surface area contributed by atoms with Crippen LogP contribution in [0, 0.1) is 6.92 Å². The van der Waals surface area contributed by atoms with Gasteiger partial charge in [0.15, 0.2) is 0 Å². The number of anilines is 1. The van der Waals surface area contributed by atoms with Crippen LogP contribution in [0.5, 0.6) is 0 Å². The van der Waals surface area contributed by atoms with Gasteiger partial charge in [0.25, 0.3) is 0 Å². The van der Waals surface area contributed by atoms with Crippen molar-refractivity contribution in [2.45, 2.75) is 33.1 Å². The first-order chi connectivity index (χ1) is 8.28. The quantitative estimate of drug-likeness (QED) is 0.837. The van der Waals surface area contributed by atoms with Crippen molar-refractivity contribution in [1.29, 1.82) is 0 Å². The van der Waals surface area contributed by atoms with E-state index in [2.05, 4.69) is 5.32 Å². The van der Waals surface area contributed by atoms with Gasteiger partial charge in [-0.05, 0) is 44.0 Å². The van der Waals surface area contributed by atoms with Gasteiger partial charge in [0.1, 0.15) is 0 Å². The molecule has 1 amide bonds. The van der Waals surface area contributed by atoms with Gasteiger partial charge in [-0.25, -0.2) is 0 Å². The summed E-state index contributed by atoms with van der Waals surface area (Å²) in [6.45, 7) is 7.01. The van der Waals surface area contributed by atoms with Crippen LogP contribution in [0.2, 0.25) is 0 Å². The lowest BCUT2D eigenvalue weighted by Crippen LogP contribution is -2.31. The molecular weight excluding hydrogens is 230 g/mol. The van der Waals surface area contributed by atoms with Crippen LogP contribution >= 0.6 is 0 Å². The second-order valence-corrected chi connectivity index (χ2v) is 4.83. The summed E-state index contributed by atoms with van der Waals surface area (Å²) in [7, 11) is 1.38. The summed E-state index contributed by atoms with van der Waals surface area (Å²) in [5, 5.41) is 2.71. The molecule has 4 nitrogen and oxygen atoms in total. The molecule has 0 radical (unpaired) electrons. The molecule has 18 heavy (non-hydrogen) atoms. The van der Waals surface area contributed by atoms with Gasteiger partial charge in [-0.1, -0.05) is 6.07 Å². The minimum atomic E-state index is -0.701. The van der Waals surface area contributed by atoms with Crippen LogP contribution in [0.1, 0.15) is 31.9 Å². The zero-order valence-corrected chi connectivity index (χ0v) is 11.5. The number of hydrogen-bond donors (Lipinski definition) is 1. The average molecular weight is 249 g/mol. The summed E-state index contributed by atoms with van der Waals surface area (Å²) in [6.07, 6.45) is 0. The number of carbonyl (C=O) groups excluding carboxylic acids is 2. The summed E-state index contributed by atoms with van der Waals surface area (Å²) < 4.78 is 4.81. The fourth-order valence-corrected chi connectivity index (χ4v) is 2.01. The number of esters is 1. The summed E-state index contributed by atoms with van der Waals surface area (Å²) in [5.41, 5.74) is 1.86. The Morgan fingerprint density at radius 1 is 1.28 bits per heavy atom. The van der Waals surface area contributed by atoms with Crippen LogP contribution < -0.4 is 5.32 Å². The Balaban J connectivity index is 3.13. The second-order valence-electron chi connectivity index (χ2n) is 4.83. The molecule has 0 atom stereocenters. The molecule has 1 N–H and O–H groups in total. The van der Waals surface area contributed by atoms with E-state index in [1.54, 1.807) is 6.07 Å². The van der Waals surface area contributed by atoms with E-state index in [4.69, 9.17) is 4.74 Å². The Hall–Kier alpha value is -1.84. The lowest BCUT2D eigenvalue weighted by molar-refractivity contribution is -0.146. The second kappa shape index (κ2) is 5.21. The number of nitrogens with one attached hydrogen (secondary N) is 1. The maximum Gasteiger partial charge on any atom is 0.315 e. The minimum Gasteiger partial charge on any atom is -0.468 e. The number of hydrogen-bond acceptors (Lipinski definition) is 3. The molecule has 1 aromatic carbocycles. The molecule has 0 saturated heterocycles. The summed E-state index contributed by atoms with van der Waals surface area (Å²) in [5.74, 6) is -0.396. The van der Waals surface area contributed by atoms with Gasteiger partial charge in [0.2, 0.25) is 5.91 Å². The number of rotatable bonds is 3. The first kappa shape index (κ1) is 14.2. The Labute approximate surface area is 107 Å². The molecule has 0 spiro atoms. The standard InChI is InChI=1S/C14H19NO3/c1-9-8-11(15-10(2)16)6-7-12(9)14(3,4)13(17)18-5/h6-8H,1-5H3,(H,15,16). The molecule has 0 heterocycles. The van der Waals surface area contributed by atoms with Crippen molar-refractivity contribution in [2.24, 2.45) is 0 Å². The molecule has 0 aliphatic carbocycles. The number of benzene rings is 1. The third-order valence-electron chi connectivity index (χ3n) is 2.92. The summed E-state index contributed by atoms with van der Waals surface area (Å²) in [4.78, 5) is 22.7. The maximum atomic E-state index is 11.8. The van der Waals surface area contributed by atoms with Crippen molar-refractivity contribution in [3.63, 3.8) is 0 Å². The van der Waals surface area contributed by atoms with E-state index in [1.807, 2.05) is 32.9 Å². The monoisotopic (exact) mass is 249 g/mol. The number of carbonyl (C=O) groups is 2. The van der Waals surface area contributed by atoms with Gasteiger partial charge >= 0.3 is 5.97 Å². The fraction of sp³-hybridized carbons (Fsp3) is 0.429. The molecule has 0 aromatic heterocycles. The first-order valence-corrected chi connectivity index (χ1v) is 5.76. The minimum absolute atomic E-state index is 0.116. The highest BCUT2D eigenvalue weighted by atomic mass is 16.5. The van der Waals surface area contributed by atoms with Crippen molar-refractivity contribution < 1.29 is 14.3 Å². The Bertz CT molecular complexity index is 478. The largest absolute Gasteiger partial charge is 0.468 e. The molecule has 4 heteroatoms. The van der Waals surface area contributed by atoms with E-state index in [-0.39, 0.29) is 11.9 Å². The smallest absolute Gasteiger partial charge is 0.315 e. The van der Waals surface area contributed by atoms with Gasteiger partial charge in [-0.2, -0.15) is 0 Å². The molecule has 0 aliphatic rings. The SMILES string of the molecule is COC(=O)C(C)(C)c1ccc(NC(C)=O)cc1C. The lowest BCUT2D eigenvalue weighted by Gasteiger charge is -2.24. The van der Waals surface area contributed by atoms with E-state index in [1.165, 1.54) is 14.0 Å². The normalized spacial score (nSPS) is 10.9. The maximum absolute atomic E-state index is 11.8. The molecule has 1 aromatic rings. The Morgan fingerprint density at radius 3 is 2.33 bits per heavy atom.